The van der Waals surface area contributed by atoms with Gasteiger partial charge in [0.1, 0.15) is 6.04 Å². The van der Waals surface area contributed by atoms with Crippen molar-refractivity contribution < 1.29 is 9.53 Å². The number of nitriles is 1. The zero-order valence-electron chi connectivity index (χ0n) is 8.32. The summed E-state index contributed by atoms with van der Waals surface area (Å²) in [7, 11) is 0. The summed E-state index contributed by atoms with van der Waals surface area (Å²) in [4.78, 5) is 13.2. The van der Waals surface area contributed by atoms with Crippen LogP contribution >= 0.6 is 0 Å². The number of nitrogens with one attached hydrogen (secondary N) is 1. The summed E-state index contributed by atoms with van der Waals surface area (Å²) in [5.74, 6) is 0. The molecule has 0 saturated carbocycles. The van der Waals surface area contributed by atoms with Crippen LogP contribution in [0.4, 0.5) is 4.79 Å². The van der Waals surface area contributed by atoms with Crippen LogP contribution in [0, 0.1) is 11.3 Å². The summed E-state index contributed by atoms with van der Waals surface area (Å²) in [6, 6.07) is 1.48. The highest BCUT2D eigenvalue weighted by Gasteiger charge is 2.18. The maximum Gasteiger partial charge on any atom is 0.318 e. The van der Waals surface area contributed by atoms with E-state index in [-0.39, 0.29) is 12.1 Å². The van der Waals surface area contributed by atoms with E-state index in [2.05, 4.69) is 5.32 Å². The first-order valence-electron chi connectivity index (χ1n) is 4.80. The van der Waals surface area contributed by atoms with Crippen molar-refractivity contribution in [1.29, 1.82) is 5.26 Å². The molecule has 0 radical (unpaired) electrons. The standard InChI is InChI=1S/C9H15N3O2/c1-2-8(7-10)11-9(13)12-3-5-14-6-4-12/h8H,2-6H2,1H3,(H,11,13). The lowest BCUT2D eigenvalue weighted by Gasteiger charge is -2.27. The molecule has 1 atom stereocenters. The van der Waals surface area contributed by atoms with Crippen LogP contribution in [-0.2, 0) is 4.74 Å². The lowest BCUT2D eigenvalue weighted by Crippen LogP contribution is -2.48. The third-order valence-electron chi connectivity index (χ3n) is 2.16. The fourth-order valence-electron chi connectivity index (χ4n) is 1.23. The van der Waals surface area contributed by atoms with E-state index in [1.165, 1.54) is 0 Å². The molecular weight excluding hydrogens is 182 g/mol. The topological polar surface area (TPSA) is 65.4 Å². The van der Waals surface area contributed by atoms with Gasteiger partial charge in [-0.2, -0.15) is 5.26 Å². The Morgan fingerprint density at radius 3 is 2.79 bits per heavy atom. The average molecular weight is 197 g/mol. The minimum atomic E-state index is -0.384. The summed E-state index contributed by atoms with van der Waals surface area (Å²) >= 11 is 0. The van der Waals surface area contributed by atoms with Crippen LogP contribution < -0.4 is 5.32 Å². The van der Waals surface area contributed by atoms with Gasteiger partial charge >= 0.3 is 6.03 Å². The number of carbonyl (C=O) groups is 1. The van der Waals surface area contributed by atoms with Gasteiger partial charge in [0.15, 0.2) is 0 Å². The third kappa shape index (κ3) is 2.89. The highest BCUT2D eigenvalue weighted by Crippen LogP contribution is 1.98. The average Bonchev–Trinajstić information content (AvgIpc) is 2.26. The van der Waals surface area contributed by atoms with Crippen molar-refractivity contribution in [2.45, 2.75) is 19.4 Å². The van der Waals surface area contributed by atoms with Crippen molar-refractivity contribution in [2.24, 2.45) is 0 Å². The van der Waals surface area contributed by atoms with E-state index < -0.39 is 0 Å². The SMILES string of the molecule is CCC(C#N)NC(=O)N1CCOCC1. The van der Waals surface area contributed by atoms with E-state index in [0.29, 0.717) is 32.7 Å². The number of morpholine rings is 1. The molecular formula is C9H15N3O2. The van der Waals surface area contributed by atoms with E-state index in [4.69, 9.17) is 10.00 Å². The number of rotatable bonds is 2. The minimum absolute atomic E-state index is 0.165. The molecule has 1 unspecified atom stereocenters. The first kappa shape index (κ1) is 10.8. The highest BCUT2D eigenvalue weighted by molar-refractivity contribution is 5.74. The summed E-state index contributed by atoms with van der Waals surface area (Å²) in [5, 5.41) is 11.3. The molecule has 78 valence electrons. The van der Waals surface area contributed by atoms with Crippen molar-refractivity contribution in [3.63, 3.8) is 0 Å². The Balaban J connectivity index is 2.36. The Morgan fingerprint density at radius 1 is 1.64 bits per heavy atom. The summed E-state index contributed by atoms with van der Waals surface area (Å²) in [5.41, 5.74) is 0. The minimum Gasteiger partial charge on any atom is -0.378 e. The summed E-state index contributed by atoms with van der Waals surface area (Å²) < 4.78 is 5.12. The number of ether oxygens (including phenoxy) is 1. The number of urea groups is 1. The first-order chi connectivity index (χ1) is 6.77. The Bertz CT molecular complexity index is 231. The van der Waals surface area contributed by atoms with Gasteiger partial charge in [-0.3, -0.25) is 0 Å². The largest absolute Gasteiger partial charge is 0.378 e. The van der Waals surface area contributed by atoms with Crippen LogP contribution in [0.25, 0.3) is 0 Å². The van der Waals surface area contributed by atoms with Crippen LogP contribution in [0.3, 0.4) is 0 Å². The van der Waals surface area contributed by atoms with Crippen molar-refractivity contribution in [3.8, 4) is 6.07 Å². The predicted octanol–water partition coefficient (Wildman–Crippen LogP) is 0.330. The Labute approximate surface area is 83.6 Å². The van der Waals surface area contributed by atoms with Gasteiger partial charge in [-0.15, -0.1) is 0 Å². The molecule has 5 nitrogen and oxygen atoms in total. The molecule has 0 spiro atoms. The molecule has 1 aliphatic heterocycles. The highest BCUT2D eigenvalue weighted by atomic mass is 16.5. The van der Waals surface area contributed by atoms with E-state index in [0.717, 1.165) is 0 Å². The van der Waals surface area contributed by atoms with Crippen LogP contribution in [0.2, 0.25) is 0 Å². The molecule has 5 heteroatoms. The molecule has 1 heterocycles. The van der Waals surface area contributed by atoms with Gasteiger partial charge < -0.3 is 15.0 Å². The van der Waals surface area contributed by atoms with Crippen molar-refractivity contribution >= 4 is 6.03 Å². The molecule has 0 aliphatic carbocycles. The van der Waals surface area contributed by atoms with Gasteiger partial charge in [-0.1, -0.05) is 6.92 Å². The number of amides is 2. The molecule has 1 fully saturated rings. The molecule has 0 aromatic rings. The van der Waals surface area contributed by atoms with Crippen LogP contribution in [-0.4, -0.2) is 43.3 Å². The maximum absolute atomic E-state index is 11.5. The summed E-state index contributed by atoms with van der Waals surface area (Å²) in [6.45, 7) is 4.24. The molecule has 0 aromatic carbocycles. The van der Waals surface area contributed by atoms with Crippen LogP contribution in [0.5, 0.6) is 0 Å². The van der Waals surface area contributed by atoms with Crippen molar-refractivity contribution in [1.82, 2.24) is 10.2 Å². The second-order valence-electron chi connectivity index (χ2n) is 3.14. The monoisotopic (exact) mass is 197 g/mol. The molecule has 1 N–H and O–H groups in total. The van der Waals surface area contributed by atoms with Gasteiger partial charge in [0.2, 0.25) is 0 Å². The lowest BCUT2D eigenvalue weighted by molar-refractivity contribution is 0.0528. The Hall–Kier alpha value is -1.28. The van der Waals surface area contributed by atoms with Crippen molar-refractivity contribution in [3.05, 3.63) is 0 Å². The number of carbonyl (C=O) groups excluding carboxylic acids is 1. The lowest BCUT2D eigenvalue weighted by atomic mass is 10.2. The number of hydrogen-bond donors (Lipinski definition) is 1. The smallest absolute Gasteiger partial charge is 0.318 e. The number of hydrogen-bond acceptors (Lipinski definition) is 3. The van der Waals surface area contributed by atoms with Crippen LogP contribution in [0.1, 0.15) is 13.3 Å². The molecule has 0 bridgehead atoms. The predicted molar refractivity (Wildman–Crippen MR) is 50.6 cm³/mol. The zero-order valence-corrected chi connectivity index (χ0v) is 8.32. The zero-order chi connectivity index (χ0) is 10.4. The normalized spacial score (nSPS) is 18.4. The quantitative estimate of drug-likeness (QED) is 0.693. The molecule has 2 amide bonds. The van der Waals surface area contributed by atoms with Gasteiger partial charge in [0.25, 0.3) is 0 Å². The fraction of sp³-hybridized carbons (Fsp3) is 0.778. The maximum atomic E-state index is 11.5. The summed E-state index contributed by atoms with van der Waals surface area (Å²) in [6.07, 6.45) is 0.632. The van der Waals surface area contributed by atoms with Gasteiger partial charge in [0.05, 0.1) is 19.3 Å². The van der Waals surface area contributed by atoms with Gasteiger partial charge in [-0.25, -0.2) is 4.79 Å². The van der Waals surface area contributed by atoms with E-state index in [1.54, 1.807) is 4.90 Å². The molecule has 1 rings (SSSR count). The van der Waals surface area contributed by atoms with Gasteiger partial charge in [0, 0.05) is 13.1 Å². The van der Waals surface area contributed by atoms with Gasteiger partial charge in [-0.05, 0) is 6.42 Å². The fourth-order valence-corrected chi connectivity index (χ4v) is 1.23. The number of nitrogens with zero attached hydrogens (tertiary/aromatic N) is 2. The first-order valence-corrected chi connectivity index (χ1v) is 4.80. The van der Waals surface area contributed by atoms with E-state index in [1.807, 2.05) is 13.0 Å². The Kier molecular flexibility index (Phi) is 4.20. The van der Waals surface area contributed by atoms with E-state index in [9.17, 15) is 4.79 Å². The Morgan fingerprint density at radius 2 is 2.29 bits per heavy atom. The van der Waals surface area contributed by atoms with Crippen molar-refractivity contribution in [2.75, 3.05) is 26.3 Å². The molecule has 14 heavy (non-hydrogen) atoms. The third-order valence-corrected chi connectivity index (χ3v) is 2.16. The van der Waals surface area contributed by atoms with Crippen LogP contribution in [0.15, 0.2) is 0 Å². The van der Waals surface area contributed by atoms with E-state index >= 15 is 0 Å². The molecule has 1 aliphatic rings. The second kappa shape index (κ2) is 5.45. The molecule has 0 aromatic heterocycles. The molecule has 1 saturated heterocycles. The second-order valence-corrected chi connectivity index (χ2v) is 3.14.